The van der Waals surface area contributed by atoms with Crippen LogP contribution in [0.5, 0.6) is 6.01 Å². The largest absolute Gasteiger partial charge is 0.461 e. The van der Waals surface area contributed by atoms with Crippen molar-refractivity contribution in [3.63, 3.8) is 0 Å². The molecule has 1 aliphatic carbocycles. The summed E-state index contributed by atoms with van der Waals surface area (Å²) in [6, 6.07) is 6.27. The molecule has 0 bridgehead atoms. The van der Waals surface area contributed by atoms with Crippen molar-refractivity contribution in [1.29, 1.82) is 0 Å². The number of carbonyl (C=O) groups excluding carboxylic acids is 1. The van der Waals surface area contributed by atoms with Gasteiger partial charge < -0.3 is 19.4 Å². The van der Waals surface area contributed by atoms with Crippen LogP contribution in [0.2, 0.25) is 0 Å². The lowest BCUT2D eigenvalue weighted by Gasteiger charge is -2.39. The molecule has 10 heteroatoms. The van der Waals surface area contributed by atoms with E-state index < -0.39 is 6.17 Å². The van der Waals surface area contributed by atoms with Crippen LogP contribution in [0.15, 0.2) is 43.2 Å². The molecule has 2 aromatic heterocycles. The van der Waals surface area contributed by atoms with Gasteiger partial charge in [-0.3, -0.25) is 14.7 Å². The molecule has 1 unspecified atom stereocenters. The molecule has 7 rings (SSSR count). The van der Waals surface area contributed by atoms with Crippen LogP contribution in [-0.2, 0) is 17.6 Å². The van der Waals surface area contributed by atoms with Gasteiger partial charge in [0.15, 0.2) is 0 Å². The highest BCUT2D eigenvalue weighted by Gasteiger charge is 2.49. The number of hydrogen-bond acceptors (Lipinski definition) is 7. The van der Waals surface area contributed by atoms with Crippen LogP contribution in [0.3, 0.4) is 0 Å². The molecule has 228 valence electrons. The molecule has 3 saturated heterocycles. The van der Waals surface area contributed by atoms with E-state index in [1.807, 2.05) is 12.4 Å². The quantitative estimate of drug-likeness (QED) is 0.291. The molecule has 9 nitrogen and oxygen atoms in total. The monoisotopic (exact) mass is 595 g/mol. The fourth-order valence-corrected chi connectivity index (χ4v) is 7.84. The normalized spacial score (nSPS) is 25.0. The highest BCUT2D eigenvalue weighted by Crippen LogP contribution is 2.41. The topological polar surface area (TPSA) is 79.1 Å². The Bertz CT molecular complexity index is 1640. The number of aromatic nitrogens is 3. The Morgan fingerprint density at radius 3 is 2.91 bits per heavy atom. The van der Waals surface area contributed by atoms with Gasteiger partial charge in [-0.15, -0.1) is 0 Å². The van der Waals surface area contributed by atoms with E-state index in [4.69, 9.17) is 21.3 Å². The van der Waals surface area contributed by atoms with Gasteiger partial charge in [0, 0.05) is 55.9 Å². The number of rotatable bonds is 7. The van der Waals surface area contributed by atoms with Crippen LogP contribution >= 0.6 is 0 Å². The van der Waals surface area contributed by atoms with E-state index in [2.05, 4.69) is 44.4 Å². The molecule has 3 aromatic rings. The van der Waals surface area contributed by atoms with Gasteiger partial charge in [-0.05, 0) is 80.0 Å². The zero-order chi connectivity index (χ0) is 30.3. The van der Waals surface area contributed by atoms with Crippen LogP contribution in [-0.4, -0.2) is 94.3 Å². The number of pyridine rings is 1. The maximum Gasteiger partial charge on any atom is 0.319 e. The first kappa shape index (κ1) is 28.7. The molecule has 44 heavy (non-hydrogen) atoms. The summed E-state index contributed by atoms with van der Waals surface area (Å²) in [7, 11) is 0. The van der Waals surface area contributed by atoms with Crippen molar-refractivity contribution in [2.45, 2.75) is 62.7 Å². The number of alkyl halides is 1. The third-order valence-electron chi connectivity index (χ3n) is 10.0. The highest BCUT2D eigenvalue weighted by molar-refractivity contribution is 5.93. The molecule has 1 aromatic carbocycles. The zero-order valence-electron chi connectivity index (χ0n) is 25.1. The summed E-state index contributed by atoms with van der Waals surface area (Å²) in [6.45, 7) is 14.5. The minimum absolute atomic E-state index is 0.164. The highest BCUT2D eigenvalue weighted by atomic mass is 19.1. The van der Waals surface area contributed by atoms with Crippen molar-refractivity contribution in [2.24, 2.45) is 0 Å². The Morgan fingerprint density at radius 2 is 2.05 bits per heavy atom. The standard InChI is InChI=1S/C34H38FN7O2/c1-3-31(43)42-14-13-40(21-26(42)18-36-2)32-28-10-9-23(29-19-37-17-24-7-4-5-8-27(24)29)15-30(28)38-33(39-32)44-22-34-11-6-12-41(34)20-25(35)16-34/h3,9-10,15,17,19,25-26H,1,4-8,11-14,16,18,20-22H2/t25-,26+,34?/m1/s1. The third kappa shape index (κ3) is 5.17. The molecule has 5 heterocycles. The Morgan fingerprint density at radius 1 is 1.16 bits per heavy atom. The van der Waals surface area contributed by atoms with E-state index in [1.165, 1.54) is 30.0 Å². The number of hydrogen-bond donors (Lipinski definition) is 0. The molecular formula is C34H38FN7O2. The van der Waals surface area contributed by atoms with E-state index in [0.717, 1.165) is 60.1 Å². The molecule has 0 saturated carbocycles. The number of benzene rings is 1. The van der Waals surface area contributed by atoms with Gasteiger partial charge in [-0.2, -0.15) is 9.97 Å². The maximum absolute atomic E-state index is 14.5. The smallest absolute Gasteiger partial charge is 0.319 e. The predicted octanol–water partition coefficient (Wildman–Crippen LogP) is 4.65. The van der Waals surface area contributed by atoms with Gasteiger partial charge in [0.2, 0.25) is 12.5 Å². The van der Waals surface area contributed by atoms with Crippen LogP contribution in [0.25, 0.3) is 26.9 Å². The predicted molar refractivity (Wildman–Crippen MR) is 167 cm³/mol. The van der Waals surface area contributed by atoms with Crippen molar-refractivity contribution in [1.82, 2.24) is 24.8 Å². The Kier molecular flexibility index (Phi) is 7.67. The molecule has 3 fully saturated rings. The minimum Gasteiger partial charge on any atom is -0.461 e. The van der Waals surface area contributed by atoms with Crippen LogP contribution in [0.4, 0.5) is 10.2 Å². The van der Waals surface area contributed by atoms with Gasteiger partial charge in [0.05, 0.1) is 11.1 Å². The first-order valence-electron chi connectivity index (χ1n) is 15.8. The third-order valence-corrected chi connectivity index (χ3v) is 10.0. The number of ether oxygens (including phenoxy) is 1. The lowest BCUT2D eigenvalue weighted by atomic mass is 9.87. The van der Waals surface area contributed by atoms with Gasteiger partial charge >= 0.3 is 6.01 Å². The van der Waals surface area contributed by atoms with Crippen molar-refractivity contribution in [3.8, 4) is 17.1 Å². The van der Waals surface area contributed by atoms with E-state index in [0.29, 0.717) is 39.2 Å². The van der Waals surface area contributed by atoms with E-state index in [1.54, 1.807) is 4.90 Å². The molecule has 0 N–H and O–H groups in total. The molecule has 0 spiro atoms. The number of amides is 1. The average Bonchev–Trinajstić information content (AvgIpc) is 3.58. The molecule has 3 aliphatic heterocycles. The summed E-state index contributed by atoms with van der Waals surface area (Å²) in [4.78, 5) is 36.7. The fraction of sp³-hybridized carbons (Fsp3) is 0.500. The summed E-state index contributed by atoms with van der Waals surface area (Å²) in [5.74, 6) is 0.559. The zero-order valence-corrected chi connectivity index (χ0v) is 25.1. The van der Waals surface area contributed by atoms with Crippen molar-refractivity contribution < 1.29 is 13.9 Å². The first-order chi connectivity index (χ1) is 21.5. The molecule has 3 atom stereocenters. The van der Waals surface area contributed by atoms with E-state index >= 15 is 0 Å². The Balaban J connectivity index is 1.27. The Labute approximate surface area is 257 Å². The van der Waals surface area contributed by atoms with E-state index in [9.17, 15) is 9.18 Å². The maximum atomic E-state index is 14.5. The second-order valence-electron chi connectivity index (χ2n) is 12.6. The van der Waals surface area contributed by atoms with Gasteiger partial charge in [-0.25, -0.2) is 11.0 Å². The first-order valence-corrected chi connectivity index (χ1v) is 15.8. The van der Waals surface area contributed by atoms with Crippen LogP contribution < -0.4 is 9.64 Å². The van der Waals surface area contributed by atoms with Crippen molar-refractivity contribution in [3.05, 3.63) is 65.8 Å². The molecule has 0 radical (unpaired) electrons. The fourth-order valence-electron chi connectivity index (χ4n) is 7.84. The van der Waals surface area contributed by atoms with Gasteiger partial charge in [0.25, 0.3) is 0 Å². The second kappa shape index (κ2) is 11.8. The van der Waals surface area contributed by atoms with Crippen LogP contribution in [0, 0.1) is 6.57 Å². The van der Waals surface area contributed by atoms with Crippen molar-refractivity contribution in [2.75, 3.05) is 50.8 Å². The number of halogens is 1. The number of anilines is 1. The number of carbonyl (C=O) groups is 1. The van der Waals surface area contributed by atoms with Gasteiger partial charge in [0.1, 0.15) is 24.6 Å². The molecule has 1 amide bonds. The van der Waals surface area contributed by atoms with Gasteiger partial charge in [-0.1, -0.05) is 12.6 Å². The second-order valence-corrected chi connectivity index (χ2v) is 12.6. The number of piperazine rings is 1. The SMILES string of the molecule is [C-]#[N+]C[C@H]1CN(c2nc(OCC34CCCN3C[C@H](F)C4)nc3cc(-c4cncc5c4CCCC5)ccc23)CCN1C(=O)C=C. The van der Waals surface area contributed by atoms with E-state index in [-0.39, 0.29) is 30.0 Å². The number of aryl methyl sites for hydroxylation is 1. The lowest BCUT2D eigenvalue weighted by molar-refractivity contribution is -0.128. The van der Waals surface area contributed by atoms with Crippen LogP contribution in [0.1, 0.15) is 43.2 Å². The summed E-state index contributed by atoms with van der Waals surface area (Å²) in [5, 5.41) is 0.884. The molecular weight excluding hydrogens is 557 g/mol. The van der Waals surface area contributed by atoms with Crippen molar-refractivity contribution >= 4 is 22.6 Å². The average molecular weight is 596 g/mol. The summed E-state index contributed by atoms with van der Waals surface area (Å²) >= 11 is 0. The lowest BCUT2D eigenvalue weighted by Crippen LogP contribution is -2.56. The number of nitrogens with zero attached hydrogens (tertiary/aromatic N) is 7. The summed E-state index contributed by atoms with van der Waals surface area (Å²) < 4.78 is 20.8. The number of fused-ring (bicyclic) bond motifs is 3. The summed E-state index contributed by atoms with van der Waals surface area (Å²) in [5.41, 5.74) is 5.33. The Hall–Kier alpha value is -4.10. The summed E-state index contributed by atoms with van der Waals surface area (Å²) in [6.07, 6.45) is 11.3. The minimum atomic E-state index is -0.839. The molecule has 4 aliphatic rings.